The smallest absolute Gasteiger partial charge is 0.354 e. The first-order chi connectivity index (χ1) is 27.2. The third-order valence-electron chi connectivity index (χ3n) is 10.2. The van der Waals surface area contributed by atoms with E-state index in [0.717, 1.165) is 46.3 Å². The van der Waals surface area contributed by atoms with Crippen molar-refractivity contribution in [1.29, 1.82) is 0 Å². The number of benzene rings is 3. The van der Waals surface area contributed by atoms with Crippen LogP contribution in [0.15, 0.2) is 79.0 Å². The van der Waals surface area contributed by atoms with Crippen LogP contribution in [0.25, 0.3) is 5.65 Å². The third-order valence-corrected chi connectivity index (χ3v) is 10.5. The van der Waals surface area contributed by atoms with Crippen LogP contribution in [-0.2, 0) is 17.7 Å². The molecule has 298 valence electrons. The summed E-state index contributed by atoms with van der Waals surface area (Å²) in [5.41, 5.74) is 9.21. The Kier molecular flexibility index (Phi) is 12.7. The molecule has 2 aromatic heterocycles. The van der Waals surface area contributed by atoms with E-state index in [2.05, 4.69) is 55.9 Å². The number of nitrogens with two attached hydrogens (primary N) is 1. The van der Waals surface area contributed by atoms with Gasteiger partial charge in [-0.3, -0.25) is 14.5 Å². The van der Waals surface area contributed by atoms with Gasteiger partial charge < -0.3 is 26.2 Å². The number of hydrogen-bond donors (Lipinski definition) is 4. The second-order valence-electron chi connectivity index (χ2n) is 15.4. The van der Waals surface area contributed by atoms with E-state index in [-0.39, 0.29) is 16.9 Å². The number of halogens is 1. The second-order valence-corrected chi connectivity index (χ2v) is 15.8. The average molecular weight is 794 g/mol. The van der Waals surface area contributed by atoms with E-state index in [4.69, 9.17) is 22.1 Å². The van der Waals surface area contributed by atoms with E-state index in [1.807, 2.05) is 6.92 Å². The highest BCUT2D eigenvalue weighted by molar-refractivity contribution is 6.34. The molecule has 1 fully saturated rings. The molecule has 1 saturated heterocycles. The van der Waals surface area contributed by atoms with E-state index in [9.17, 15) is 24.3 Å². The Morgan fingerprint density at radius 1 is 0.947 bits per heavy atom. The summed E-state index contributed by atoms with van der Waals surface area (Å²) in [6.07, 6.45) is 4.95. The number of likely N-dealkylation sites (tertiary alicyclic amines) is 1. The Morgan fingerprint density at radius 2 is 1.65 bits per heavy atom. The molecule has 0 radical (unpaired) electrons. The van der Waals surface area contributed by atoms with Crippen LogP contribution >= 0.6 is 11.6 Å². The monoisotopic (exact) mass is 793 g/mol. The van der Waals surface area contributed by atoms with Gasteiger partial charge in [0.1, 0.15) is 16.9 Å². The number of aromatic nitrogens is 3. The van der Waals surface area contributed by atoms with Gasteiger partial charge in [-0.25, -0.2) is 19.1 Å². The van der Waals surface area contributed by atoms with Crippen LogP contribution in [-0.4, -0.2) is 73.6 Å². The van der Waals surface area contributed by atoms with Gasteiger partial charge in [-0.2, -0.15) is 5.10 Å². The quantitative estimate of drug-likeness (QED) is 0.115. The number of carboxylic acids is 1. The summed E-state index contributed by atoms with van der Waals surface area (Å²) in [5, 5.41) is 19.8. The summed E-state index contributed by atoms with van der Waals surface area (Å²) in [7, 11) is 0. The number of fused-ring (bicyclic) bond motifs is 2. The van der Waals surface area contributed by atoms with Crippen LogP contribution < -0.4 is 16.4 Å². The summed E-state index contributed by atoms with van der Waals surface area (Å²) in [4.78, 5) is 57.8. The molecule has 0 unspecified atom stereocenters. The molecule has 2 amide bonds. The van der Waals surface area contributed by atoms with Gasteiger partial charge in [0.15, 0.2) is 11.3 Å². The van der Waals surface area contributed by atoms with Crippen molar-refractivity contribution in [3.63, 3.8) is 0 Å². The summed E-state index contributed by atoms with van der Waals surface area (Å²) in [6, 6.07) is 21.5. The van der Waals surface area contributed by atoms with Gasteiger partial charge >= 0.3 is 11.9 Å². The molecule has 1 aliphatic carbocycles. The minimum absolute atomic E-state index is 0.0384. The summed E-state index contributed by atoms with van der Waals surface area (Å²) in [5.74, 6) is -2.25. The lowest BCUT2D eigenvalue weighted by molar-refractivity contribution is 0.00681. The Balaban J connectivity index is 0.000000305. The zero-order valence-electron chi connectivity index (χ0n) is 32.5. The molecule has 2 aliphatic rings. The van der Waals surface area contributed by atoms with Crippen LogP contribution in [0.2, 0.25) is 5.02 Å². The van der Waals surface area contributed by atoms with Gasteiger partial charge in [-0.15, -0.1) is 0 Å². The molecule has 3 aromatic carbocycles. The molecule has 0 saturated carbocycles. The van der Waals surface area contributed by atoms with Gasteiger partial charge in [0, 0.05) is 12.6 Å². The number of carboxylic acid groups (broad SMARTS) is 1. The lowest BCUT2D eigenvalue weighted by atomic mass is 9.97. The first-order valence-corrected chi connectivity index (χ1v) is 19.4. The van der Waals surface area contributed by atoms with Crippen LogP contribution in [0.3, 0.4) is 0 Å². The van der Waals surface area contributed by atoms with Crippen LogP contribution in [0, 0.1) is 12.8 Å². The predicted octanol–water partition coefficient (Wildman–Crippen LogP) is 6.87. The van der Waals surface area contributed by atoms with Gasteiger partial charge in [-0.1, -0.05) is 60.1 Å². The number of amides is 2. The molecular formula is C43H48ClN7O6. The molecule has 7 rings (SSSR count). The summed E-state index contributed by atoms with van der Waals surface area (Å²) in [6.45, 7) is 11.6. The lowest BCUT2D eigenvalue weighted by Gasteiger charge is -2.31. The highest BCUT2D eigenvalue weighted by atomic mass is 35.5. The molecule has 3 heterocycles. The zero-order chi connectivity index (χ0) is 40.9. The summed E-state index contributed by atoms with van der Waals surface area (Å²) >= 11 is 6.15. The van der Waals surface area contributed by atoms with Crippen molar-refractivity contribution in [1.82, 2.24) is 24.8 Å². The maximum absolute atomic E-state index is 13.5. The fourth-order valence-electron chi connectivity index (χ4n) is 7.19. The average Bonchev–Trinajstić information content (AvgIpc) is 3.80. The van der Waals surface area contributed by atoms with Crippen molar-refractivity contribution in [3.8, 4) is 0 Å². The Morgan fingerprint density at radius 3 is 2.32 bits per heavy atom. The van der Waals surface area contributed by atoms with Crippen molar-refractivity contribution in [2.75, 3.05) is 25.0 Å². The number of piperidine rings is 1. The van der Waals surface area contributed by atoms with E-state index in [1.165, 1.54) is 37.7 Å². The van der Waals surface area contributed by atoms with Gasteiger partial charge in [0.25, 0.3) is 11.8 Å². The van der Waals surface area contributed by atoms with Gasteiger partial charge in [0.2, 0.25) is 0 Å². The van der Waals surface area contributed by atoms with Crippen LogP contribution in [0.1, 0.15) is 110 Å². The van der Waals surface area contributed by atoms with Crippen molar-refractivity contribution in [2.24, 2.45) is 11.7 Å². The van der Waals surface area contributed by atoms with E-state index < -0.39 is 41.1 Å². The second kappa shape index (κ2) is 17.7. The predicted molar refractivity (Wildman–Crippen MR) is 218 cm³/mol. The molecule has 5 aromatic rings. The molecule has 1 atom stereocenters. The maximum Gasteiger partial charge on any atom is 0.354 e. The number of para-hydroxylation sites is 1. The Labute approximate surface area is 336 Å². The number of carbonyl (C=O) groups excluding carboxylic acids is 3. The number of aromatic carboxylic acids is 1. The highest BCUT2D eigenvalue weighted by Crippen LogP contribution is 2.35. The molecule has 14 heteroatoms. The minimum atomic E-state index is -1.37. The summed E-state index contributed by atoms with van der Waals surface area (Å²) < 4.78 is 6.67. The topological polar surface area (TPSA) is 181 Å². The first kappa shape index (κ1) is 41.0. The van der Waals surface area contributed by atoms with Gasteiger partial charge in [-0.05, 0) is 119 Å². The Hall–Kier alpha value is -5.63. The molecule has 13 nitrogen and oxygen atoms in total. The Bertz CT molecular complexity index is 2280. The van der Waals surface area contributed by atoms with E-state index in [1.54, 1.807) is 57.2 Å². The molecule has 1 aliphatic heterocycles. The molecule has 57 heavy (non-hydrogen) atoms. The highest BCUT2D eigenvalue weighted by Gasteiger charge is 2.31. The zero-order valence-corrected chi connectivity index (χ0v) is 33.3. The fourth-order valence-corrected chi connectivity index (χ4v) is 7.37. The number of rotatable bonds is 9. The van der Waals surface area contributed by atoms with Crippen molar-refractivity contribution >= 4 is 46.7 Å². The fraction of sp³-hybridized carbons (Fsp3) is 0.349. The SMILES string of the molecule is Cc1c(C(=O)OC(C)(C)C)ccc2c1CC[C@@H]2NC(=O)c1cc(C(=O)O)nc2c(C(=O)Nc3ccccc3Cl)cnn12.NCC1CCN(Cc2ccccc2)CC1. The third kappa shape index (κ3) is 9.85. The van der Waals surface area contributed by atoms with Crippen molar-refractivity contribution in [2.45, 2.75) is 71.6 Å². The number of nitrogens with one attached hydrogen (secondary N) is 2. The largest absolute Gasteiger partial charge is 0.477 e. The van der Waals surface area contributed by atoms with E-state index >= 15 is 0 Å². The normalized spacial score (nSPS) is 15.6. The number of carbonyl (C=O) groups is 4. The first-order valence-electron chi connectivity index (χ1n) is 19.0. The lowest BCUT2D eigenvalue weighted by Crippen LogP contribution is -2.35. The number of ether oxygens (including phenoxy) is 1. The van der Waals surface area contributed by atoms with Crippen molar-refractivity contribution < 1.29 is 29.0 Å². The molecule has 5 N–H and O–H groups in total. The van der Waals surface area contributed by atoms with Crippen LogP contribution in [0.4, 0.5) is 5.69 Å². The van der Waals surface area contributed by atoms with Crippen molar-refractivity contribution in [3.05, 3.63) is 129 Å². The number of hydrogen-bond acceptors (Lipinski definition) is 9. The van der Waals surface area contributed by atoms with Gasteiger partial charge in [0.05, 0.1) is 28.5 Å². The maximum atomic E-state index is 13.5. The van der Waals surface area contributed by atoms with E-state index in [0.29, 0.717) is 29.1 Å². The minimum Gasteiger partial charge on any atom is -0.477 e. The molecule has 0 bridgehead atoms. The number of esters is 1. The molecular weight excluding hydrogens is 746 g/mol. The number of nitrogens with zero attached hydrogens (tertiary/aromatic N) is 4. The molecule has 0 spiro atoms. The van der Waals surface area contributed by atoms with Crippen LogP contribution in [0.5, 0.6) is 0 Å². The standard InChI is InChI=1S/C30H28ClN5O6.C13H20N2/c1-15-16-11-12-21(18(16)10-9-17(15)29(41)42-30(2,3)4)34-27(38)24-13-23(28(39)40)33-25-19(14-32-36(24)25)26(37)35-22-8-6-5-7-20(22)31;14-10-12-6-8-15(9-7-12)11-13-4-2-1-3-5-13/h5-10,13-14,21H,11-12H2,1-4H3,(H,34,38)(H,35,37)(H,39,40);1-5,12H,6-11,14H2/t21-;/m0./s1. The number of anilines is 1.